The normalized spacial score (nSPS) is 10.2. The molecule has 3 aromatic carbocycles. The Kier molecular flexibility index (Phi) is 5.54. The molecule has 0 radical (unpaired) electrons. The van der Waals surface area contributed by atoms with E-state index in [1.165, 1.54) is 0 Å². The number of nitrogens with zero attached hydrogens (tertiary/aromatic N) is 3. The Hall–Kier alpha value is -4.37. The largest absolute Gasteiger partial charge is 0.484 e. The van der Waals surface area contributed by atoms with E-state index in [4.69, 9.17) is 10.00 Å². The summed E-state index contributed by atoms with van der Waals surface area (Å²) < 4.78 is 7.22. The minimum Gasteiger partial charge on any atom is -0.484 e. The molecule has 0 aliphatic rings. The van der Waals surface area contributed by atoms with E-state index in [0.29, 0.717) is 17.1 Å². The van der Waals surface area contributed by atoms with Crippen LogP contribution in [0.25, 0.3) is 16.9 Å². The number of nitriles is 1. The fourth-order valence-corrected chi connectivity index (χ4v) is 2.94. The number of hydrogen-bond donors (Lipinski definition) is 1. The maximum atomic E-state index is 12.5. The summed E-state index contributed by atoms with van der Waals surface area (Å²) in [4.78, 5) is 12.5. The molecule has 0 aliphatic heterocycles. The van der Waals surface area contributed by atoms with Gasteiger partial charge in [-0.3, -0.25) is 4.79 Å². The summed E-state index contributed by atoms with van der Waals surface area (Å²) in [6, 6.07) is 29.9. The van der Waals surface area contributed by atoms with Gasteiger partial charge in [-0.15, -0.1) is 0 Å². The maximum absolute atomic E-state index is 12.5. The van der Waals surface area contributed by atoms with Gasteiger partial charge in [0, 0.05) is 11.6 Å². The number of benzene rings is 3. The molecular formula is C24H18N4O2. The maximum Gasteiger partial charge on any atom is 0.263 e. The smallest absolute Gasteiger partial charge is 0.263 e. The zero-order chi connectivity index (χ0) is 20.8. The molecule has 0 fully saturated rings. The molecule has 1 N–H and O–H groups in total. The third kappa shape index (κ3) is 4.37. The molecule has 1 heterocycles. The van der Waals surface area contributed by atoms with Crippen molar-refractivity contribution >= 4 is 11.7 Å². The molecule has 0 atom stereocenters. The van der Waals surface area contributed by atoms with Gasteiger partial charge in [0.2, 0.25) is 0 Å². The molecule has 0 bridgehead atoms. The Morgan fingerprint density at radius 1 is 0.967 bits per heavy atom. The molecule has 4 aromatic rings. The molecule has 0 saturated carbocycles. The molecule has 0 aliphatic carbocycles. The molecule has 1 aromatic heterocycles. The van der Waals surface area contributed by atoms with Gasteiger partial charge in [0.15, 0.2) is 6.61 Å². The minimum atomic E-state index is -0.309. The third-order valence-corrected chi connectivity index (χ3v) is 4.40. The van der Waals surface area contributed by atoms with Crippen LogP contribution in [0.5, 0.6) is 5.75 Å². The predicted octanol–water partition coefficient (Wildman–Crippen LogP) is 4.43. The van der Waals surface area contributed by atoms with Crippen LogP contribution < -0.4 is 10.1 Å². The van der Waals surface area contributed by atoms with E-state index in [1.54, 1.807) is 28.9 Å². The molecule has 6 heteroatoms. The van der Waals surface area contributed by atoms with Crippen LogP contribution in [0.3, 0.4) is 0 Å². The Bertz CT molecular complexity index is 1180. The first-order valence-electron chi connectivity index (χ1n) is 9.36. The number of aromatic nitrogens is 2. The van der Waals surface area contributed by atoms with Crippen LogP contribution in [0.15, 0.2) is 91.0 Å². The van der Waals surface area contributed by atoms with Crippen molar-refractivity contribution in [2.75, 3.05) is 11.9 Å². The van der Waals surface area contributed by atoms with E-state index >= 15 is 0 Å². The van der Waals surface area contributed by atoms with Gasteiger partial charge in [-0.1, -0.05) is 48.5 Å². The van der Waals surface area contributed by atoms with Crippen LogP contribution in [0, 0.1) is 11.3 Å². The van der Waals surface area contributed by atoms with Crippen LogP contribution in [0.4, 0.5) is 5.82 Å². The number of carbonyl (C=O) groups excluding carboxylic acids is 1. The second-order valence-corrected chi connectivity index (χ2v) is 6.50. The van der Waals surface area contributed by atoms with Gasteiger partial charge < -0.3 is 10.1 Å². The average Bonchev–Trinajstić information content (AvgIpc) is 3.23. The summed E-state index contributed by atoms with van der Waals surface area (Å²) in [7, 11) is 0. The molecule has 0 spiro atoms. The Balaban J connectivity index is 1.54. The Labute approximate surface area is 174 Å². The quantitative estimate of drug-likeness (QED) is 0.525. The van der Waals surface area contributed by atoms with Gasteiger partial charge in [-0.05, 0) is 36.4 Å². The lowest BCUT2D eigenvalue weighted by molar-refractivity contribution is -0.118. The van der Waals surface area contributed by atoms with Crippen molar-refractivity contribution in [2.45, 2.75) is 0 Å². The zero-order valence-corrected chi connectivity index (χ0v) is 16.0. The van der Waals surface area contributed by atoms with Crippen molar-refractivity contribution in [3.05, 3.63) is 96.6 Å². The fourth-order valence-electron chi connectivity index (χ4n) is 2.94. The average molecular weight is 394 g/mol. The molecule has 4 rings (SSSR count). The molecular weight excluding hydrogens is 376 g/mol. The number of para-hydroxylation sites is 1. The van der Waals surface area contributed by atoms with E-state index in [9.17, 15) is 4.79 Å². The second kappa shape index (κ2) is 8.76. The van der Waals surface area contributed by atoms with Crippen LogP contribution in [0.2, 0.25) is 0 Å². The highest BCUT2D eigenvalue weighted by atomic mass is 16.5. The third-order valence-electron chi connectivity index (χ3n) is 4.40. The van der Waals surface area contributed by atoms with Crippen LogP contribution in [-0.2, 0) is 4.79 Å². The van der Waals surface area contributed by atoms with Crippen molar-refractivity contribution in [1.82, 2.24) is 9.78 Å². The first kappa shape index (κ1) is 19.0. The summed E-state index contributed by atoms with van der Waals surface area (Å²) in [5.74, 6) is 0.759. The highest BCUT2D eigenvalue weighted by Crippen LogP contribution is 2.24. The number of amides is 1. The molecule has 6 nitrogen and oxygen atoms in total. The second-order valence-electron chi connectivity index (χ2n) is 6.50. The Morgan fingerprint density at radius 3 is 2.30 bits per heavy atom. The minimum absolute atomic E-state index is 0.160. The van der Waals surface area contributed by atoms with E-state index < -0.39 is 0 Å². The van der Waals surface area contributed by atoms with E-state index in [-0.39, 0.29) is 12.5 Å². The predicted molar refractivity (Wildman–Crippen MR) is 114 cm³/mol. The van der Waals surface area contributed by atoms with Crippen LogP contribution in [-0.4, -0.2) is 22.3 Å². The van der Waals surface area contributed by atoms with Crippen molar-refractivity contribution in [3.8, 4) is 28.8 Å². The number of hydrogen-bond acceptors (Lipinski definition) is 4. The van der Waals surface area contributed by atoms with Gasteiger partial charge in [0.05, 0.1) is 23.0 Å². The number of anilines is 1. The van der Waals surface area contributed by atoms with Gasteiger partial charge in [0.25, 0.3) is 5.91 Å². The SMILES string of the molecule is N#Cc1ccc(OCC(=O)Nc2cc(-c3ccccc3)nn2-c2ccccc2)cc1. The van der Waals surface area contributed by atoms with Gasteiger partial charge in [-0.2, -0.15) is 10.4 Å². The highest BCUT2D eigenvalue weighted by molar-refractivity contribution is 5.92. The summed E-state index contributed by atoms with van der Waals surface area (Å²) in [6.45, 7) is -0.160. The lowest BCUT2D eigenvalue weighted by Crippen LogP contribution is -2.21. The highest BCUT2D eigenvalue weighted by Gasteiger charge is 2.14. The lowest BCUT2D eigenvalue weighted by atomic mass is 10.2. The first-order chi connectivity index (χ1) is 14.7. The molecule has 146 valence electrons. The van der Waals surface area contributed by atoms with Crippen molar-refractivity contribution < 1.29 is 9.53 Å². The summed E-state index contributed by atoms with van der Waals surface area (Å²) >= 11 is 0. The van der Waals surface area contributed by atoms with Crippen molar-refractivity contribution in [3.63, 3.8) is 0 Å². The zero-order valence-electron chi connectivity index (χ0n) is 16.0. The van der Waals surface area contributed by atoms with Gasteiger partial charge in [0.1, 0.15) is 11.6 Å². The molecule has 0 saturated heterocycles. The topological polar surface area (TPSA) is 79.9 Å². The lowest BCUT2D eigenvalue weighted by Gasteiger charge is -2.10. The van der Waals surface area contributed by atoms with Crippen molar-refractivity contribution in [1.29, 1.82) is 5.26 Å². The monoisotopic (exact) mass is 394 g/mol. The standard InChI is InChI=1S/C24H18N4O2/c25-16-18-11-13-21(14-12-18)30-17-24(29)26-23-15-22(19-7-3-1-4-8-19)27-28(23)20-9-5-2-6-10-20/h1-15H,17H2,(H,26,29). The number of carbonyl (C=O) groups is 1. The van der Waals surface area contributed by atoms with Crippen LogP contribution >= 0.6 is 0 Å². The van der Waals surface area contributed by atoms with E-state index in [0.717, 1.165) is 16.9 Å². The molecule has 30 heavy (non-hydrogen) atoms. The molecule has 0 unspecified atom stereocenters. The summed E-state index contributed by atoms with van der Waals surface area (Å²) in [6.07, 6.45) is 0. The van der Waals surface area contributed by atoms with Crippen LogP contribution in [0.1, 0.15) is 5.56 Å². The number of rotatable bonds is 6. The summed E-state index contributed by atoms with van der Waals surface area (Å²) in [5.41, 5.74) is 3.08. The Morgan fingerprint density at radius 2 is 1.63 bits per heavy atom. The number of nitrogens with one attached hydrogen (secondary N) is 1. The van der Waals surface area contributed by atoms with E-state index in [1.807, 2.05) is 72.8 Å². The fraction of sp³-hybridized carbons (Fsp3) is 0.0417. The number of ether oxygens (including phenoxy) is 1. The first-order valence-corrected chi connectivity index (χ1v) is 9.36. The van der Waals surface area contributed by atoms with Gasteiger partial charge >= 0.3 is 0 Å². The molecule has 1 amide bonds. The summed E-state index contributed by atoms with van der Waals surface area (Å²) in [5, 5.41) is 16.4. The van der Waals surface area contributed by atoms with Crippen molar-refractivity contribution in [2.24, 2.45) is 0 Å². The van der Waals surface area contributed by atoms with E-state index in [2.05, 4.69) is 10.4 Å². The van der Waals surface area contributed by atoms with Gasteiger partial charge in [-0.25, -0.2) is 4.68 Å².